The summed E-state index contributed by atoms with van der Waals surface area (Å²) in [7, 11) is 0. The van der Waals surface area contributed by atoms with E-state index in [0.717, 1.165) is 37.6 Å². The lowest BCUT2D eigenvalue weighted by Crippen LogP contribution is -2.16. The summed E-state index contributed by atoms with van der Waals surface area (Å²) in [4.78, 5) is 0. The molecule has 0 bridgehead atoms. The van der Waals surface area contributed by atoms with Gasteiger partial charge in [-0.3, -0.25) is 0 Å². The van der Waals surface area contributed by atoms with E-state index in [1.54, 1.807) is 0 Å². The molecule has 2 heteroatoms. The number of ether oxygens (including phenoxy) is 2. The fourth-order valence-corrected chi connectivity index (χ4v) is 5.04. The first-order chi connectivity index (χ1) is 16.1. The van der Waals surface area contributed by atoms with E-state index >= 15 is 0 Å². The van der Waals surface area contributed by atoms with Crippen LogP contribution < -0.4 is 9.47 Å². The van der Waals surface area contributed by atoms with Crippen molar-refractivity contribution in [1.29, 1.82) is 0 Å². The van der Waals surface area contributed by atoms with Gasteiger partial charge < -0.3 is 9.47 Å². The minimum atomic E-state index is 0.624. The van der Waals surface area contributed by atoms with Gasteiger partial charge in [-0.15, -0.1) is 0 Å². The number of rotatable bonds is 14. The quantitative estimate of drug-likeness (QED) is 0.267. The molecule has 0 fully saturated rings. The van der Waals surface area contributed by atoms with E-state index < -0.39 is 0 Å². The van der Waals surface area contributed by atoms with E-state index in [1.165, 1.54) is 78.8 Å². The topological polar surface area (TPSA) is 18.5 Å². The monoisotopic (exact) mass is 450 g/mol. The van der Waals surface area contributed by atoms with Gasteiger partial charge in [0.2, 0.25) is 0 Å². The number of benzene rings is 2. The average Bonchev–Trinajstić information content (AvgIpc) is 2.84. The second-order valence-corrected chi connectivity index (χ2v) is 10.0. The van der Waals surface area contributed by atoms with Crippen LogP contribution in [-0.2, 0) is 12.8 Å². The van der Waals surface area contributed by atoms with Gasteiger partial charge in [0, 0.05) is 21.9 Å². The lowest BCUT2D eigenvalue weighted by atomic mass is 9.87. The number of allylic oxidation sites excluding steroid dienone is 2. The SMILES string of the molecule is CCCCC(CC)COc1c2c(c(OCC(CC)CCCC)c3ccccc13)CC(C)=CC2. The van der Waals surface area contributed by atoms with Crippen molar-refractivity contribution in [2.45, 2.75) is 98.8 Å². The molecule has 2 atom stereocenters. The van der Waals surface area contributed by atoms with Gasteiger partial charge in [-0.05, 0) is 44.4 Å². The van der Waals surface area contributed by atoms with Crippen LogP contribution in [0.25, 0.3) is 10.8 Å². The Balaban J connectivity index is 1.96. The van der Waals surface area contributed by atoms with E-state index in [-0.39, 0.29) is 0 Å². The second-order valence-electron chi connectivity index (χ2n) is 10.0. The van der Waals surface area contributed by atoms with Crippen molar-refractivity contribution in [1.82, 2.24) is 0 Å². The Hall–Kier alpha value is -1.96. The molecule has 0 N–H and O–H groups in total. The third kappa shape index (κ3) is 6.55. The van der Waals surface area contributed by atoms with E-state index in [1.807, 2.05) is 0 Å². The summed E-state index contributed by atoms with van der Waals surface area (Å²) in [6, 6.07) is 8.73. The molecule has 0 spiro atoms. The Bertz CT molecular complexity index is 911. The molecular weight excluding hydrogens is 404 g/mol. The van der Waals surface area contributed by atoms with Crippen LogP contribution in [0, 0.1) is 11.8 Å². The summed E-state index contributed by atoms with van der Waals surface area (Å²) < 4.78 is 13.4. The van der Waals surface area contributed by atoms with E-state index in [2.05, 4.69) is 65.0 Å². The molecule has 0 amide bonds. The molecule has 3 rings (SSSR count). The Kier molecular flexibility index (Phi) is 10.2. The third-order valence-corrected chi connectivity index (χ3v) is 7.45. The number of fused-ring (bicyclic) bond motifs is 2. The average molecular weight is 451 g/mol. The normalized spacial score (nSPS) is 15.1. The highest BCUT2D eigenvalue weighted by atomic mass is 16.5. The number of unbranched alkanes of at least 4 members (excludes halogenated alkanes) is 2. The van der Waals surface area contributed by atoms with Gasteiger partial charge in [-0.2, -0.15) is 0 Å². The first-order valence-electron chi connectivity index (χ1n) is 13.6. The highest BCUT2D eigenvalue weighted by molar-refractivity contribution is 5.96. The molecule has 1 aliphatic rings. The van der Waals surface area contributed by atoms with Gasteiger partial charge in [0.15, 0.2) is 0 Å². The first-order valence-corrected chi connectivity index (χ1v) is 13.6. The number of hydrogen-bond acceptors (Lipinski definition) is 2. The van der Waals surface area contributed by atoms with Crippen molar-refractivity contribution in [2.75, 3.05) is 13.2 Å². The van der Waals surface area contributed by atoms with Crippen LogP contribution in [-0.4, -0.2) is 13.2 Å². The molecular formula is C31H46O2. The fraction of sp³-hybridized carbons (Fsp3) is 0.613. The second kappa shape index (κ2) is 13.1. The molecule has 2 unspecified atom stereocenters. The van der Waals surface area contributed by atoms with Gasteiger partial charge in [-0.1, -0.05) is 102 Å². The zero-order chi connectivity index (χ0) is 23.6. The Morgan fingerprint density at radius 3 is 1.76 bits per heavy atom. The van der Waals surface area contributed by atoms with Gasteiger partial charge in [0.05, 0.1) is 13.2 Å². The molecule has 2 aromatic carbocycles. The number of hydrogen-bond donors (Lipinski definition) is 0. The van der Waals surface area contributed by atoms with Crippen LogP contribution in [0.1, 0.15) is 97.1 Å². The zero-order valence-corrected chi connectivity index (χ0v) is 21.8. The van der Waals surface area contributed by atoms with Crippen LogP contribution >= 0.6 is 0 Å². The Morgan fingerprint density at radius 2 is 1.27 bits per heavy atom. The van der Waals surface area contributed by atoms with E-state index in [9.17, 15) is 0 Å². The molecule has 0 heterocycles. The molecule has 182 valence electrons. The lowest BCUT2D eigenvalue weighted by Gasteiger charge is -2.27. The van der Waals surface area contributed by atoms with E-state index in [0.29, 0.717) is 11.8 Å². The maximum atomic E-state index is 6.69. The standard InChI is InChI=1S/C31H46O2/c1-6-10-14-24(8-3)21-32-30-26-16-12-13-17-27(26)31(29-20-23(5)18-19-28(29)30)33-22-25(9-4)15-11-7-2/h12-13,16-18,24-25H,6-11,14-15,19-22H2,1-5H3. The largest absolute Gasteiger partial charge is 0.492 e. The lowest BCUT2D eigenvalue weighted by molar-refractivity contribution is 0.228. The maximum Gasteiger partial charge on any atom is 0.131 e. The summed E-state index contributed by atoms with van der Waals surface area (Å²) in [5, 5.41) is 2.43. The minimum Gasteiger partial charge on any atom is -0.492 e. The van der Waals surface area contributed by atoms with Crippen LogP contribution in [0.4, 0.5) is 0 Å². The molecule has 0 radical (unpaired) electrons. The summed E-state index contributed by atoms with van der Waals surface area (Å²) in [5.74, 6) is 3.46. The first kappa shape index (κ1) is 25.7. The van der Waals surface area contributed by atoms with Crippen molar-refractivity contribution in [3.8, 4) is 11.5 Å². The van der Waals surface area contributed by atoms with Gasteiger partial charge in [0.25, 0.3) is 0 Å². The van der Waals surface area contributed by atoms with Gasteiger partial charge >= 0.3 is 0 Å². The van der Waals surface area contributed by atoms with Crippen molar-refractivity contribution in [2.24, 2.45) is 11.8 Å². The van der Waals surface area contributed by atoms with Crippen LogP contribution in [0.5, 0.6) is 11.5 Å². The predicted molar refractivity (Wildman–Crippen MR) is 143 cm³/mol. The van der Waals surface area contributed by atoms with Crippen molar-refractivity contribution in [3.63, 3.8) is 0 Å². The van der Waals surface area contributed by atoms with E-state index in [4.69, 9.17) is 9.47 Å². The van der Waals surface area contributed by atoms with Gasteiger partial charge in [-0.25, -0.2) is 0 Å². The van der Waals surface area contributed by atoms with Crippen molar-refractivity contribution >= 4 is 10.8 Å². The molecule has 0 aliphatic heterocycles. The molecule has 0 aromatic heterocycles. The van der Waals surface area contributed by atoms with Crippen LogP contribution in [0.2, 0.25) is 0 Å². The van der Waals surface area contributed by atoms with Crippen molar-refractivity contribution < 1.29 is 9.47 Å². The van der Waals surface area contributed by atoms with Crippen LogP contribution in [0.3, 0.4) is 0 Å². The minimum absolute atomic E-state index is 0.624. The summed E-state index contributed by atoms with van der Waals surface area (Å²) >= 11 is 0. The molecule has 1 aliphatic carbocycles. The highest BCUT2D eigenvalue weighted by Crippen LogP contribution is 2.44. The van der Waals surface area contributed by atoms with Crippen LogP contribution in [0.15, 0.2) is 35.9 Å². The highest BCUT2D eigenvalue weighted by Gasteiger charge is 2.24. The maximum absolute atomic E-state index is 6.69. The zero-order valence-electron chi connectivity index (χ0n) is 21.8. The molecule has 2 nitrogen and oxygen atoms in total. The predicted octanol–water partition coefficient (Wildman–Crippen LogP) is 9.08. The summed E-state index contributed by atoms with van der Waals surface area (Å²) in [6.07, 6.45) is 14.2. The fourth-order valence-electron chi connectivity index (χ4n) is 5.04. The Labute approximate surface area is 202 Å². The third-order valence-electron chi connectivity index (χ3n) is 7.45. The molecule has 0 saturated carbocycles. The smallest absolute Gasteiger partial charge is 0.131 e. The molecule has 2 aromatic rings. The van der Waals surface area contributed by atoms with Gasteiger partial charge in [0.1, 0.15) is 11.5 Å². The molecule has 0 saturated heterocycles. The summed E-state index contributed by atoms with van der Waals surface area (Å²) in [5.41, 5.74) is 4.14. The van der Waals surface area contributed by atoms with Crippen molar-refractivity contribution in [3.05, 3.63) is 47.0 Å². The molecule has 33 heavy (non-hydrogen) atoms. The summed E-state index contributed by atoms with van der Waals surface area (Å²) in [6.45, 7) is 13.0. The Morgan fingerprint density at radius 1 is 0.758 bits per heavy atom.